The molecule has 6 heteroatoms. The van der Waals surface area contributed by atoms with E-state index in [1.54, 1.807) is 30.3 Å². The molecule has 0 aromatic heterocycles. The van der Waals surface area contributed by atoms with Crippen molar-refractivity contribution < 1.29 is 23.8 Å². The van der Waals surface area contributed by atoms with Crippen LogP contribution >= 0.6 is 0 Å². The number of hydrogen-bond acceptors (Lipinski definition) is 5. The van der Waals surface area contributed by atoms with E-state index in [9.17, 15) is 9.59 Å². The highest BCUT2D eigenvalue weighted by Gasteiger charge is 2.14. The third-order valence-corrected chi connectivity index (χ3v) is 4.39. The minimum absolute atomic E-state index is 0.381. The van der Waals surface area contributed by atoms with Crippen molar-refractivity contribution in [2.75, 3.05) is 25.1 Å². The summed E-state index contributed by atoms with van der Waals surface area (Å²) in [5.74, 6) is 0.224. The second-order valence-corrected chi connectivity index (χ2v) is 6.43. The first-order valence-corrected chi connectivity index (χ1v) is 9.21. The summed E-state index contributed by atoms with van der Waals surface area (Å²) in [5, 5.41) is 2.68. The lowest BCUT2D eigenvalue weighted by molar-refractivity contribution is -0.119. The predicted molar refractivity (Wildman–Crippen MR) is 108 cm³/mol. The molecular weight excluding hydrogens is 370 g/mol. The van der Waals surface area contributed by atoms with Gasteiger partial charge in [-0.3, -0.25) is 4.79 Å². The Labute approximate surface area is 168 Å². The lowest BCUT2D eigenvalue weighted by Crippen LogP contribution is -2.21. The molecule has 3 aromatic rings. The number of carbonyl (C=O) groups excluding carboxylic acids is 2. The Balaban J connectivity index is 1.31. The molecule has 0 atom stereocenters. The van der Waals surface area contributed by atoms with Gasteiger partial charge in [0.2, 0.25) is 0 Å². The normalized spacial score (nSPS) is 12.1. The highest BCUT2D eigenvalue weighted by atomic mass is 16.6. The minimum atomic E-state index is -0.554. The van der Waals surface area contributed by atoms with Gasteiger partial charge >= 0.3 is 5.97 Å². The van der Waals surface area contributed by atoms with Crippen LogP contribution in [0.1, 0.15) is 10.4 Å². The molecule has 0 saturated carbocycles. The number of rotatable bonds is 5. The number of benzene rings is 3. The quantitative estimate of drug-likeness (QED) is 0.670. The second kappa shape index (κ2) is 8.48. The Morgan fingerprint density at radius 2 is 1.52 bits per heavy atom. The maximum atomic E-state index is 12.2. The van der Waals surface area contributed by atoms with Crippen molar-refractivity contribution in [1.29, 1.82) is 0 Å². The Hall–Kier alpha value is -3.80. The smallest absolute Gasteiger partial charge is 0.338 e. The van der Waals surface area contributed by atoms with Crippen molar-refractivity contribution in [2.45, 2.75) is 0 Å². The number of hydrogen-bond donors (Lipinski definition) is 1. The van der Waals surface area contributed by atoms with Crippen LogP contribution in [0.5, 0.6) is 11.5 Å². The van der Waals surface area contributed by atoms with Gasteiger partial charge in [0, 0.05) is 11.8 Å². The number of amides is 1. The number of carbonyl (C=O) groups is 2. The fourth-order valence-electron chi connectivity index (χ4n) is 2.96. The van der Waals surface area contributed by atoms with Gasteiger partial charge in [0.1, 0.15) is 13.2 Å². The zero-order valence-electron chi connectivity index (χ0n) is 15.6. The van der Waals surface area contributed by atoms with Crippen LogP contribution in [0.15, 0.2) is 72.8 Å². The molecule has 0 aliphatic carbocycles. The van der Waals surface area contributed by atoms with E-state index in [0.29, 0.717) is 36.0 Å². The van der Waals surface area contributed by atoms with E-state index < -0.39 is 11.9 Å². The average molecular weight is 389 g/mol. The van der Waals surface area contributed by atoms with Crippen LogP contribution in [-0.4, -0.2) is 31.7 Å². The molecule has 146 valence electrons. The number of esters is 1. The molecule has 0 spiro atoms. The van der Waals surface area contributed by atoms with Gasteiger partial charge in [0.25, 0.3) is 5.91 Å². The summed E-state index contributed by atoms with van der Waals surface area (Å²) in [5.41, 5.74) is 2.99. The molecule has 6 nitrogen and oxygen atoms in total. The number of ether oxygens (including phenoxy) is 3. The predicted octanol–water partition coefficient (Wildman–Crippen LogP) is 3.92. The summed E-state index contributed by atoms with van der Waals surface area (Å²) in [6.07, 6.45) is 0. The standard InChI is InChI=1S/C23H19NO5/c25-22(24-19-10-11-20-21(14-19)28-13-12-27-20)15-29-23(26)18-8-6-17(7-9-18)16-4-2-1-3-5-16/h1-11,14H,12-13,15H2,(H,24,25). The van der Waals surface area contributed by atoms with E-state index in [4.69, 9.17) is 14.2 Å². The summed E-state index contributed by atoms with van der Waals surface area (Å²) in [6.45, 7) is 0.583. The van der Waals surface area contributed by atoms with Crippen molar-refractivity contribution in [3.63, 3.8) is 0 Å². The van der Waals surface area contributed by atoms with Crippen LogP contribution in [0.2, 0.25) is 0 Å². The highest BCUT2D eigenvalue weighted by molar-refractivity contribution is 5.95. The van der Waals surface area contributed by atoms with Gasteiger partial charge in [0.05, 0.1) is 5.56 Å². The largest absolute Gasteiger partial charge is 0.486 e. The van der Waals surface area contributed by atoms with Crippen LogP contribution in [-0.2, 0) is 9.53 Å². The van der Waals surface area contributed by atoms with E-state index in [0.717, 1.165) is 11.1 Å². The molecule has 0 bridgehead atoms. The Morgan fingerprint density at radius 1 is 0.828 bits per heavy atom. The van der Waals surface area contributed by atoms with Gasteiger partial charge in [-0.25, -0.2) is 4.79 Å². The number of fused-ring (bicyclic) bond motifs is 1. The molecule has 29 heavy (non-hydrogen) atoms. The van der Waals surface area contributed by atoms with Crippen molar-refractivity contribution in [3.8, 4) is 22.6 Å². The first-order valence-electron chi connectivity index (χ1n) is 9.21. The Bertz CT molecular complexity index is 1020. The van der Waals surface area contributed by atoms with Crippen molar-refractivity contribution in [1.82, 2.24) is 0 Å². The van der Waals surface area contributed by atoms with E-state index >= 15 is 0 Å². The van der Waals surface area contributed by atoms with E-state index in [-0.39, 0.29) is 6.61 Å². The van der Waals surface area contributed by atoms with Crippen molar-refractivity contribution in [3.05, 3.63) is 78.4 Å². The summed E-state index contributed by atoms with van der Waals surface area (Å²) >= 11 is 0. The van der Waals surface area contributed by atoms with Crippen LogP contribution in [0, 0.1) is 0 Å². The molecule has 4 rings (SSSR count). The third-order valence-electron chi connectivity index (χ3n) is 4.39. The SMILES string of the molecule is O=C(COC(=O)c1ccc(-c2ccccc2)cc1)Nc1ccc2c(c1)OCCO2. The van der Waals surface area contributed by atoms with Crippen molar-refractivity contribution >= 4 is 17.6 Å². The summed E-state index contributed by atoms with van der Waals surface area (Å²) < 4.78 is 16.0. The molecule has 1 amide bonds. The monoisotopic (exact) mass is 389 g/mol. The summed E-state index contributed by atoms with van der Waals surface area (Å²) in [4.78, 5) is 24.3. The van der Waals surface area contributed by atoms with Crippen LogP contribution < -0.4 is 14.8 Å². The van der Waals surface area contributed by atoms with Gasteiger partial charge in [0.15, 0.2) is 18.1 Å². The van der Waals surface area contributed by atoms with Crippen LogP contribution in [0.4, 0.5) is 5.69 Å². The van der Waals surface area contributed by atoms with E-state index in [2.05, 4.69) is 5.32 Å². The highest BCUT2D eigenvalue weighted by Crippen LogP contribution is 2.32. The number of anilines is 1. The van der Waals surface area contributed by atoms with Crippen LogP contribution in [0.25, 0.3) is 11.1 Å². The first-order chi connectivity index (χ1) is 14.2. The zero-order chi connectivity index (χ0) is 20.1. The third kappa shape index (κ3) is 4.55. The molecule has 3 aromatic carbocycles. The zero-order valence-corrected chi connectivity index (χ0v) is 15.6. The van der Waals surface area contributed by atoms with E-state index in [1.807, 2.05) is 42.5 Å². The second-order valence-electron chi connectivity index (χ2n) is 6.43. The van der Waals surface area contributed by atoms with Crippen LogP contribution in [0.3, 0.4) is 0 Å². The summed E-state index contributed by atoms with van der Waals surface area (Å²) in [6, 6.07) is 22.0. The first kappa shape index (κ1) is 18.6. The van der Waals surface area contributed by atoms with E-state index in [1.165, 1.54) is 0 Å². The topological polar surface area (TPSA) is 73.9 Å². The molecule has 0 saturated heterocycles. The van der Waals surface area contributed by atoms with Gasteiger partial charge in [-0.05, 0) is 35.4 Å². The molecule has 0 radical (unpaired) electrons. The summed E-state index contributed by atoms with van der Waals surface area (Å²) in [7, 11) is 0. The number of nitrogens with one attached hydrogen (secondary N) is 1. The maximum Gasteiger partial charge on any atom is 0.338 e. The van der Waals surface area contributed by atoms with Gasteiger partial charge in [-0.2, -0.15) is 0 Å². The lowest BCUT2D eigenvalue weighted by atomic mass is 10.0. The Kier molecular flexibility index (Phi) is 5.42. The fraction of sp³-hybridized carbons (Fsp3) is 0.130. The molecule has 0 fully saturated rings. The van der Waals surface area contributed by atoms with Crippen molar-refractivity contribution in [2.24, 2.45) is 0 Å². The molecule has 1 N–H and O–H groups in total. The van der Waals surface area contributed by atoms with Gasteiger partial charge in [-0.15, -0.1) is 0 Å². The maximum absolute atomic E-state index is 12.2. The van der Waals surface area contributed by atoms with Gasteiger partial charge in [-0.1, -0.05) is 42.5 Å². The lowest BCUT2D eigenvalue weighted by Gasteiger charge is -2.19. The average Bonchev–Trinajstić information content (AvgIpc) is 2.78. The van der Waals surface area contributed by atoms with Gasteiger partial charge < -0.3 is 19.5 Å². The molecular formula is C23H19NO5. The molecule has 1 aliphatic heterocycles. The minimum Gasteiger partial charge on any atom is -0.486 e. The Morgan fingerprint density at radius 3 is 2.28 bits per heavy atom. The fourth-order valence-corrected chi connectivity index (χ4v) is 2.96. The molecule has 0 unspecified atom stereocenters. The molecule has 1 heterocycles. The molecule has 1 aliphatic rings.